The number of hydrogen-bond donors (Lipinski definition) is 3. The van der Waals surface area contributed by atoms with Gasteiger partial charge in [-0.3, -0.25) is 4.79 Å². The van der Waals surface area contributed by atoms with Crippen molar-refractivity contribution in [2.75, 3.05) is 6.54 Å². The predicted octanol–water partition coefficient (Wildman–Crippen LogP) is 1.44. The number of urea groups is 1. The Balaban J connectivity index is 2.21. The molecule has 1 aromatic rings. The van der Waals surface area contributed by atoms with E-state index in [0.29, 0.717) is 13.1 Å². The summed E-state index contributed by atoms with van der Waals surface area (Å²) in [6.07, 6.45) is 0.793. The fraction of sp³-hybridized carbons (Fsp3) is 0.545. The Morgan fingerprint density at radius 2 is 2.28 bits per heavy atom. The van der Waals surface area contributed by atoms with Crippen molar-refractivity contribution < 1.29 is 14.7 Å². The van der Waals surface area contributed by atoms with Crippen LogP contribution in [0, 0.1) is 5.92 Å². The van der Waals surface area contributed by atoms with Crippen LogP contribution in [-0.2, 0) is 11.3 Å². The lowest BCUT2D eigenvalue weighted by molar-refractivity contribution is -0.138. The van der Waals surface area contributed by atoms with E-state index in [1.165, 1.54) is 11.3 Å². The van der Waals surface area contributed by atoms with Gasteiger partial charge in [0, 0.05) is 18.3 Å². The number of carbonyl (C=O) groups is 2. The molecule has 0 saturated heterocycles. The van der Waals surface area contributed by atoms with Gasteiger partial charge in [0.1, 0.15) is 0 Å². The Kier molecular flexibility index (Phi) is 6.13. The minimum Gasteiger partial charge on any atom is -0.481 e. The molecule has 3 N–H and O–H groups in total. The second-order valence-corrected chi connectivity index (χ2v) is 4.63. The summed E-state index contributed by atoms with van der Waals surface area (Å²) in [6.45, 7) is 2.65. The molecule has 1 aromatic heterocycles. The number of nitrogens with one attached hydrogen (secondary N) is 2. The molecule has 0 aliphatic heterocycles. The van der Waals surface area contributed by atoms with Gasteiger partial charge in [-0.25, -0.2) is 9.78 Å². The molecule has 0 fully saturated rings. The van der Waals surface area contributed by atoms with Crippen LogP contribution in [0.3, 0.4) is 0 Å². The molecule has 0 aliphatic carbocycles. The Hall–Kier alpha value is -1.63. The average molecular weight is 271 g/mol. The van der Waals surface area contributed by atoms with E-state index in [2.05, 4.69) is 15.6 Å². The topological polar surface area (TPSA) is 91.3 Å². The first-order valence-corrected chi connectivity index (χ1v) is 6.66. The molecule has 0 radical (unpaired) electrons. The van der Waals surface area contributed by atoms with E-state index >= 15 is 0 Å². The first-order chi connectivity index (χ1) is 8.61. The molecular weight excluding hydrogens is 254 g/mol. The van der Waals surface area contributed by atoms with Crippen LogP contribution in [0.4, 0.5) is 4.79 Å². The van der Waals surface area contributed by atoms with Crippen LogP contribution >= 0.6 is 11.3 Å². The summed E-state index contributed by atoms with van der Waals surface area (Å²) in [4.78, 5) is 26.0. The summed E-state index contributed by atoms with van der Waals surface area (Å²) >= 11 is 1.47. The first kappa shape index (κ1) is 14.4. The van der Waals surface area contributed by atoms with Gasteiger partial charge in [-0.15, -0.1) is 11.3 Å². The number of aromatic nitrogens is 1. The minimum atomic E-state index is -0.841. The number of amides is 2. The van der Waals surface area contributed by atoms with E-state index in [-0.39, 0.29) is 18.4 Å². The van der Waals surface area contributed by atoms with Crippen molar-refractivity contribution in [3.05, 3.63) is 16.6 Å². The second-order valence-electron chi connectivity index (χ2n) is 3.92. The zero-order chi connectivity index (χ0) is 13.4. The van der Waals surface area contributed by atoms with Crippen molar-refractivity contribution in [3.63, 3.8) is 0 Å². The average Bonchev–Trinajstić information content (AvgIpc) is 2.84. The van der Waals surface area contributed by atoms with Gasteiger partial charge < -0.3 is 15.7 Å². The number of hydrogen-bond acceptors (Lipinski definition) is 4. The number of thiazole rings is 1. The van der Waals surface area contributed by atoms with E-state index in [9.17, 15) is 9.59 Å². The summed E-state index contributed by atoms with van der Waals surface area (Å²) in [7, 11) is 0. The first-order valence-electron chi connectivity index (χ1n) is 5.72. The van der Waals surface area contributed by atoms with Gasteiger partial charge in [0.05, 0.1) is 17.7 Å². The van der Waals surface area contributed by atoms with E-state index in [1.807, 2.05) is 12.3 Å². The molecule has 1 rings (SSSR count). The zero-order valence-electron chi connectivity index (χ0n) is 10.2. The molecule has 0 saturated carbocycles. The number of nitrogens with zero attached hydrogens (tertiary/aromatic N) is 1. The third kappa shape index (κ3) is 5.62. The summed E-state index contributed by atoms with van der Waals surface area (Å²) in [5.41, 5.74) is 2.52. The Bertz CT molecular complexity index is 381. The van der Waals surface area contributed by atoms with Gasteiger partial charge in [-0.1, -0.05) is 13.3 Å². The van der Waals surface area contributed by atoms with Crippen LogP contribution < -0.4 is 10.6 Å². The molecule has 0 aliphatic rings. The maximum absolute atomic E-state index is 11.5. The lowest BCUT2D eigenvalue weighted by Gasteiger charge is -2.13. The molecule has 0 spiro atoms. The summed E-state index contributed by atoms with van der Waals surface area (Å²) in [5.74, 6) is -0.876. The third-order valence-electron chi connectivity index (χ3n) is 2.51. The largest absolute Gasteiger partial charge is 0.481 e. The van der Waals surface area contributed by atoms with Gasteiger partial charge in [-0.2, -0.15) is 0 Å². The van der Waals surface area contributed by atoms with Crippen LogP contribution in [0.25, 0.3) is 0 Å². The smallest absolute Gasteiger partial charge is 0.315 e. The van der Waals surface area contributed by atoms with E-state index in [4.69, 9.17) is 5.11 Å². The molecule has 0 bridgehead atoms. The quantitative estimate of drug-likeness (QED) is 0.700. The van der Waals surface area contributed by atoms with E-state index < -0.39 is 5.97 Å². The van der Waals surface area contributed by atoms with Crippen molar-refractivity contribution in [1.82, 2.24) is 15.6 Å². The molecule has 0 aromatic carbocycles. The van der Waals surface area contributed by atoms with Crippen LogP contribution in [0.1, 0.15) is 25.5 Å². The molecule has 18 heavy (non-hydrogen) atoms. The highest BCUT2D eigenvalue weighted by molar-refractivity contribution is 7.07. The minimum absolute atomic E-state index is 0.0347. The molecule has 1 atom stereocenters. The predicted molar refractivity (Wildman–Crippen MR) is 68.4 cm³/mol. The van der Waals surface area contributed by atoms with Crippen LogP contribution in [0.15, 0.2) is 10.9 Å². The lowest BCUT2D eigenvalue weighted by Crippen LogP contribution is -2.38. The highest BCUT2D eigenvalue weighted by Crippen LogP contribution is 2.06. The standard InChI is InChI=1S/C11H17N3O3S/c1-2-8(3-10(15)16)4-12-11(17)13-5-9-6-18-7-14-9/h6-8H,2-5H2,1H3,(H,15,16)(H2,12,13,17). The maximum atomic E-state index is 11.5. The lowest BCUT2D eigenvalue weighted by atomic mass is 10.0. The summed E-state index contributed by atoms with van der Waals surface area (Å²) in [6, 6.07) is -0.299. The summed E-state index contributed by atoms with van der Waals surface area (Å²) < 4.78 is 0. The summed E-state index contributed by atoms with van der Waals surface area (Å²) in [5, 5.41) is 15.9. The third-order valence-corrected chi connectivity index (χ3v) is 3.14. The van der Waals surface area contributed by atoms with Crippen molar-refractivity contribution in [1.29, 1.82) is 0 Å². The van der Waals surface area contributed by atoms with Crippen LogP contribution in [-0.4, -0.2) is 28.6 Å². The number of carbonyl (C=O) groups excluding carboxylic acids is 1. The monoisotopic (exact) mass is 271 g/mol. The number of carboxylic acid groups (broad SMARTS) is 1. The van der Waals surface area contributed by atoms with Gasteiger partial charge in [0.2, 0.25) is 0 Å². The fourth-order valence-corrected chi connectivity index (χ4v) is 1.96. The molecule has 1 heterocycles. The van der Waals surface area contributed by atoms with Crippen molar-refractivity contribution in [2.24, 2.45) is 5.92 Å². The van der Waals surface area contributed by atoms with Gasteiger partial charge in [-0.05, 0) is 5.92 Å². The number of aliphatic carboxylic acids is 1. The highest BCUT2D eigenvalue weighted by Gasteiger charge is 2.12. The van der Waals surface area contributed by atoms with Crippen molar-refractivity contribution in [3.8, 4) is 0 Å². The van der Waals surface area contributed by atoms with E-state index in [1.54, 1.807) is 5.51 Å². The number of carboxylic acids is 1. The highest BCUT2D eigenvalue weighted by atomic mass is 32.1. The van der Waals surface area contributed by atoms with Gasteiger partial charge in [0.15, 0.2) is 0 Å². The molecule has 1 unspecified atom stereocenters. The van der Waals surface area contributed by atoms with Crippen LogP contribution in [0.2, 0.25) is 0 Å². The Morgan fingerprint density at radius 3 is 2.83 bits per heavy atom. The SMILES string of the molecule is CCC(CNC(=O)NCc1cscn1)CC(=O)O. The van der Waals surface area contributed by atoms with Gasteiger partial charge in [0.25, 0.3) is 0 Å². The van der Waals surface area contributed by atoms with E-state index in [0.717, 1.165) is 12.1 Å². The molecule has 100 valence electrons. The second kappa shape index (κ2) is 7.65. The molecule has 2 amide bonds. The maximum Gasteiger partial charge on any atom is 0.315 e. The zero-order valence-corrected chi connectivity index (χ0v) is 11.0. The fourth-order valence-electron chi connectivity index (χ4n) is 1.40. The van der Waals surface area contributed by atoms with Crippen molar-refractivity contribution in [2.45, 2.75) is 26.3 Å². The van der Waals surface area contributed by atoms with Gasteiger partial charge >= 0.3 is 12.0 Å². The van der Waals surface area contributed by atoms with Crippen LogP contribution in [0.5, 0.6) is 0 Å². The normalized spacial score (nSPS) is 11.8. The Labute approximate surface area is 109 Å². The molecule has 6 nitrogen and oxygen atoms in total. The number of rotatable bonds is 7. The van der Waals surface area contributed by atoms with Crippen molar-refractivity contribution >= 4 is 23.3 Å². The molecular formula is C11H17N3O3S. The Morgan fingerprint density at radius 1 is 1.50 bits per heavy atom. The molecule has 7 heteroatoms.